The number of nitro groups is 1. The van der Waals surface area contributed by atoms with E-state index in [1.54, 1.807) is 11.9 Å². The van der Waals surface area contributed by atoms with Gasteiger partial charge in [0.05, 0.1) is 10.5 Å². The number of nitro benzene ring substituents is 1. The van der Waals surface area contributed by atoms with Crippen LogP contribution in [0.25, 0.3) is 0 Å². The van der Waals surface area contributed by atoms with Crippen LogP contribution in [0.2, 0.25) is 0 Å². The number of nitrogen functional groups attached to an aromatic ring is 1. The molecule has 1 fully saturated rings. The Hall–Kier alpha value is -2.11. The highest BCUT2D eigenvalue weighted by Crippen LogP contribution is 2.29. The monoisotopic (exact) mass is 249 g/mol. The van der Waals surface area contributed by atoms with Gasteiger partial charge in [0, 0.05) is 19.2 Å². The number of para-hydroxylation sites is 1. The molecule has 1 aliphatic rings. The molecule has 0 radical (unpaired) electrons. The van der Waals surface area contributed by atoms with Gasteiger partial charge >= 0.3 is 0 Å². The highest BCUT2D eigenvalue weighted by Gasteiger charge is 2.28. The standard InChI is InChI=1S/C12H15N3O3/c1-14(8-4-2-5-8)12(16)9-6-3-7-10(11(9)13)15(17)18/h3,6-8H,2,4-5,13H2,1H3. The van der Waals surface area contributed by atoms with Crippen LogP contribution in [0.3, 0.4) is 0 Å². The molecule has 6 heteroatoms. The Kier molecular flexibility index (Phi) is 3.18. The maximum absolute atomic E-state index is 12.2. The first-order chi connectivity index (χ1) is 8.52. The number of hydrogen-bond donors (Lipinski definition) is 1. The van der Waals surface area contributed by atoms with Gasteiger partial charge in [0.2, 0.25) is 0 Å². The lowest BCUT2D eigenvalue weighted by Crippen LogP contribution is -2.41. The molecule has 1 aromatic carbocycles. The number of carbonyl (C=O) groups excluding carboxylic acids is 1. The van der Waals surface area contributed by atoms with E-state index in [1.807, 2.05) is 0 Å². The van der Waals surface area contributed by atoms with Crippen molar-refractivity contribution in [1.29, 1.82) is 0 Å². The molecule has 1 saturated carbocycles. The number of amides is 1. The molecule has 6 nitrogen and oxygen atoms in total. The molecule has 18 heavy (non-hydrogen) atoms. The number of hydrogen-bond acceptors (Lipinski definition) is 4. The zero-order valence-corrected chi connectivity index (χ0v) is 10.1. The predicted molar refractivity (Wildman–Crippen MR) is 67.2 cm³/mol. The number of nitrogens with two attached hydrogens (primary N) is 1. The average Bonchev–Trinajstić information content (AvgIpc) is 2.25. The van der Waals surface area contributed by atoms with E-state index in [0.717, 1.165) is 19.3 Å². The van der Waals surface area contributed by atoms with Crippen LogP contribution in [0.1, 0.15) is 29.6 Å². The van der Waals surface area contributed by atoms with E-state index in [4.69, 9.17) is 5.73 Å². The summed E-state index contributed by atoms with van der Waals surface area (Å²) in [6.45, 7) is 0. The van der Waals surface area contributed by atoms with Crippen molar-refractivity contribution in [3.05, 3.63) is 33.9 Å². The van der Waals surface area contributed by atoms with Gasteiger partial charge in [-0.3, -0.25) is 14.9 Å². The van der Waals surface area contributed by atoms with Crippen LogP contribution in [-0.2, 0) is 0 Å². The third-order valence-corrected chi connectivity index (χ3v) is 3.45. The minimum absolute atomic E-state index is 0.0568. The smallest absolute Gasteiger partial charge is 0.292 e. The van der Waals surface area contributed by atoms with Crippen LogP contribution in [0, 0.1) is 10.1 Å². The minimum atomic E-state index is -0.574. The van der Waals surface area contributed by atoms with Crippen LogP contribution in [0.15, 0.2) is 18.2 Å². The molecule has 0 aromatic heterocycles. The zero-order valence-electron chi connectivity index (χ0n) is 10.1. The van der Waals surface area contributed by atoms with Crippen molar-refractivity contribution >= 4 is 17.3 Å². The van der Waals surface area contributed by atoms with Crippen LogP contribution in [0.5, 0.6) is 0 Å². The fourth-order valence-electron chi connectivity index (χ4n) is 2.03. The molecule has 0 heterocycles. The van der Waals surface area contributed by atoms with Gasteiger partial charge in [-0.05, 0) is 25.3 Å². The molecule has 1 aromatic rings. The Morgan fingerprint density at radius 3 is 2.67 bits per heavy atom. The number of anilines is 1. The van der Waals surface area contributed by atoms with E-state index >= 15 is 0 Å². The molecule has 0 spiro atoms. The molecule has 0 aliphatic heterocycles. The van der Waals surface area contributed by atoms with Crippen molar-refractivity contribution in [2.45, 2.75) is 25.3 Å². The van der Waals surface area contributed by atoms with E-state index in [9.17, 15) is 14.9 Å². The summed E-state index contributed by atoms with van der Waals surface area (Å²) in [7, 11) is 1.71. The van der Waals surface area contributed by atoms with E-state index in [1.165, 1.54) is 18.2 Å². The van der Waals surface area contributed by atoms with Gasteiger partial charge < -0.3 is 10.6 Å². The molecule has 1 aliphatic carbocycles. The maximum Gasteiger partial charge on any atom is 0.292 e. The lowest BCUT2D eigenvalue weighted by atomic mass is 9.91. The summed E-state index contributed by atoms with van der Waals surface area (Å²) in [5.74, 6) is -0.249. The first-order valence-electron chi connectivity index (χ1n) is 5.82. The van der Waals surface area contributed by atoms with E-state index in [0.29, 0.717) is 0 Å². The van der Waals surface area contributed by atoms with Crippen LogP contribution < -0.4 is 5.73 Å². The molecule has 0 bridgehead atoms. The third-order valence-electron chi connectivity index (χ3n) is 3.45. The molecule has 0 unspecified atom stereocenters. The Morgan fingerprint density at radius 1 is 1.50 bits per heavy atom. The Labute approximate surface area is 105 Å². The lowest BCUT2D eigenvalue weighted by Gasteiger charge is -2.34. The van der Waals surface area contributed by atoms with E-state index < -0.39 is 4.92 Å². The lowest BCUT2D eigenvalue weighted by molar-refractivity contribution is -0.383. The highest BCUT2D eigenvalue weighted by molar-refractivity contribution is 6.01. The second-order valence-corrected chi connectivity index (χ2v) is 4.50. The molecular weight excluding hydrogens is 234 g/mol. The fourth-order valence-corrected chi connectivity index (χ4v) is 2.03. The normalized spacial score (nSPS) is 14.9. The summed E-state index contributed by atoms with van der Waals surface area (Å²) in [6, 6.07) is 4.54. The Balaban J connectivity index is 2.30. The van der Waals surface area contributed by atoms with Gasteiger partial charge in [0.1, 0.15) is 5.69 Å². The van der Waals surface area contributed by atoms with Crippen molar-refractivity contribution in [3.63, 3.8) is 0 Å². The summed E-state index contributed by atoms with van der Waals surface area (Å²) < 4.78 is 0. The van der Waals surface area contributed by atoms with Crippen molar-refractivity contribution in [2.24, 2.45) is 0 Å². The van der Waals surface area contributed by atoms with Crippen molar-refractivity contribution < 1.29 is 9.72 Å². The number of benzene rings is 1. The molecule has 0 atom stereocenters. The number of rotatable bonds is 3. The quantitative estimate of drug-likeness (QED) is 0.502. The van der Waals surface area contributed by atoms with Gasteiger partial charge in [-0.15, -0.1) is 0 Å². The van der Waals surface area contributed by atoms with Crippen molar-refractivity contribution in [1.82, 2.24) is 4.90 Å². The fraction of sp³-hybridized carbons (Fsp3) is 0.417. The molecular formula is C12H15N3O3. The largest absolute Gasteiger partial charge is 0.393 e. The van der Waals surface area contributed by atoms with Crippen molar-refractivity contribution in [3.8, 4) is 0 Å². The van der Waals surface area contributed by atoms with Gasteiger partial charge in [0.15, 0.2) is 0 Å². The molecule has 2 N–H and O–H groups in total. The summed E-state index contributed by atoms with van der Waals surface area (Å²) in [5, 5.41) is 10.8. The van der Waals surface area contributed by atoms with Crippen molar-refractivity contribution in [2.75, 3.05) is 12.8 Å². The minimum Gasteiger partial charge on any atom is -0.393 e. The predicted octanol–water partition coefficient (Wildman–Crippen LogP) is 1.80. The van der Waals surface area contributed by atoms with E-state index in [2.05, 4.69) is 0 Å². The highest BCUT2D eigenvalue weighted by atomic mass is 16.6. The zero-order chi connectivity index (χ0) is 13.3. The molecule has 96 valence electrons. The second kappa shape index (κ2) is 4.64. The van der Waals surface area contributed by atoms with Gasteiger partial charge in [-0.2, -0.15) is 0 Å². The van der Waals surface area contributed by atoms with Crippen LogP contribution in [-0.4, -0.2) is 28.8 Å². The van der Waals surface area contributed by atoms with Crippen LogP contribution >= 0.6 is 0 Å². The third kappa shape index (κ3) is 2.01. The summed E-state index contributed by atoms with van der Waals surface area (Å²) in [4.78, 5) is 24.0. The first-order valence-corrected chi connectivity index (χ1v) is 5.82. The second-order valence-electron chi connectivity index (χ2n) is 4.50. The van der Waals surface area contributed by atoms with Gasteiger partial charge in [-0.25, -0.2) is 0 Å². The molecule has 0 saturated heterocycles. The summed E-state index contributed by atoms with van der Waals surface area (Å²) in [5.41, 5.74) is 5.62. The topological polar surface area (TPSA) is 89.5 Å². The number of carbonyl (C=O) groups is 1. The summed E-state index contributed by atoms with van der Waals surface area (Å²) in [6.07, 6.45) is 3.08. The maximum atomic E-state index is 12.2. The van der Waals surface area contributed by atoms with Gasteiger partial charge in [0.25, 0.3) is 11.6 Å². The van der Waals surface area contributed by atoms with E-state index in [-0.39, 0.29) is 28.9 Å². The van der Waals surface area contributed by atoms with Crippen LogP contribution in [0.4, 0.5) is 11.4 Å². The molecule has 2 rings (SSSR count). The Morgan fingerprint density at radius 2 is 2.17 bits per heavy atom. The molecule has 1 amide bonds. The first kappa shape index (κ1) is 12.3. The van der Waals surface area contributed by atoms with Gasteiger partial charge in [-0.1, -0.05) is 6.07 Å². The summed E-state index contributed by atoms with van der Waals surface area (Å²) >= 11 is 0. The number of nitrogens with zero attached hydrogens (tertiary/aromatic N) is 2. The average molecular weight is 249 g/mol. The SMILES string of the molecule is CN(C(=O)c1cccc([N+](=O)[O-])c1N)C1CCC1. The Bertz CT molecular complexity index is 497.